The predicted molar refractivity (Wildman–Crippen MR) is 223 cm³/mol. The second-order valence-corrected chi connectivity index (χ2v) is 17.1. The van der Waals surface area contributed by atoms with Gasteiger partial charge in [-0.3, -0.25) is 29.3 Å². The zero-order valence-corrected chi connectivity index (χ0v) is 34.7. The molecule has 2 aromatic heterocycles. The number of amidine groups is 1. The number of fused-ring (bicyclic) bond motifs is 3. The van der Waals surface area contributed by atoms with Crippen LogP contribution in [-0.2, 0) is 19.1 Å². The quantitative estimate of drug-likeness (QED) is 0.0852. The molecule has 6 heterocycles. The third-order valence-electron chi connectivity index (χ3n) is 12.9. The van der Waals surface area contributed by atoms with E-state index in [1.165, 1.54) is 0 Å². The number of piperazine rings is 1. The molecule has 2 N–H and O–H groups in total. The van der Waals surface area contributed by atoms with Gasteiger partial charge < -0.3 is 24.4 Å². The number of hydrogen-bond acceptors (Lipinski definition) is 10. The highest BCUT2D eigenvalue weighted by molar-refractivity contribution is 6.05. The fourth-order valence-corrected chi connectivity index (χ4v) is 9.77. The SMILES string of the molecule is C=C/C(=C(C)/N=C(\CCC)N1CC2CCC(C1)O2)c1cn(C2CCC(CN3CCN(CC(=O)Nc4cccc5c(C6CCC(=O)NC6=O)noc45)CC3)CC2)nc1C(F)F. The van der Waals surface area contributed by atoms with Crippen LogP contribution < -0.4 is 10.6 Å². The zero-order chi connectivity index (χ0) is 41.9. The highest BCUT2D eigenvalue weighted by atomic mass is 19.3. The van der Waals surface area contributed by atoms with Crippen LogP contribution in [0.15, 0.2) is 52.3 Å². The lowest BCUT2D eigenvalue weighted by Gasteiger charge is -2.38. The highest BCUT2D eigenvalue weighted by Gasteiger charge is 2.36. The maximum absolute atomic E-state index is 14.5. The number of likely N-dealkylation sites (tertiary alicyclic amines) is 1. The van der Waals surface area contributed by atoms with Crippen molar-refractivity contribution in [3.8, 4) is 0 Å². The molecule has 5 aliphatic rings. The number of alkyl halides is 2. The van der Waals surface area contributed by atoms with E-state index in [1.807, 2.05) is 6.92 Å². The maximum Gasteiger partial charge on any atom is 0.282 e. The molecule has 4 aliphatic heterocycles. The van der Waals surface area contributed by atoms with Gasteiger partial charge in [-0.15, -0.1) is 0 Å². The van der Waals surface area contributed by atoms with E-state index < -0.39 is 18.3 Å². The smallest absolute Gasteiger partial charge is 0.282 e. The van der Waals surface area contributed by atoms with Gasteiger partial charge in [-0.2, -0.15) is 5.10 Å². The minimum absolute atomic E-state index is 0.0454. The maximum atomic E-state index is 14.5. The largest absolute Gasteiger partial charge is 0.371 e. The molecule has 4 saturated heterocycles. The van der Waals surface area contributed by atoms with E-state index in [0.29, 0.717) is 51.5 Å². The molecule has 2 bridgehead atoms. The van der Waals surface area contributed by atoms with Gasteiger partial charge in [-0.05, 0) is 76.3 Å². The number of aliphatic imine (C=N–C) groups is 1. The van der Waals surface area contributed by atoms with Gasteiger partial charge in [-0.25, -0.2) is 13.8 Å². The van der Waals surface area contributed by atoms with Crippen molar-refractivity contribution in [1.82, 2.24) is 35.0 Å². The molecular formula is C44H57F2N9O5. The molecule has 16 heteroatoms. The van der Waals surface area contributed by atoms with E-state index in [2.05, 4.69) is 49.1 Å². The molecule has 1 saturated carbocycles. The topological polar surface area (TPSA) is 150 Å². The number of benzene rings is 1. The van der Waals surface area contributed by atoms with Crippen molar-refractivity contribution < 1.29 is 32.4 Å². The number of imide groups is 1. The normalized spacial score (nSPS) is 26.1. The van der Waals surface area contributed by atoms with Gasteiger partial charge in [0.1, 0.15) is 17.2 Å². The Morgan fingerprint density at radius 3 is 2.47 bits per heavy atom. The fourth-order valence-electron chi connectivity index (χ4n) is 9.77. The number of piperidine rings is 1. The molecule has 0 spiro atoms. The summed E-state index contributed by atoms with van der Waals surface area (Å²) in [4.78, 5) is 49.2. The Bertz CT molecular complexity index is 2120. The van der Waals surface area contributed by atoms with Crippen molar-refractivity contribution in [2.24, 2.45) is 10.9 Å². The molecule has 3 atom stereocenters. The highest BCUT2D eigenvalue weighted by Crippen LogP contribution is 2.37. The summed E-state index contributed by atoms with van der Waals surface area (Å²) in [6, 6.07) is 5.39. The standard InChI is InChI=1S/C44H57F2N9O5/c1-4-7-37(54-23-30-14-15-31(24-54)59-30)47-27(3)32(5-2)35-25-55(50-41(35)43(45)46)29-12-10-28(11-13-29)22-52-18-20-53(21-19-52)26-39(57)48-36-9-6-8-33-40(51-60-42(33)36)34-16-17-38(56)49-44(34)58/h5-6,8-9,25,28-31,34,43H,2,4,7,10-24,26H2,1,3H3,(H,48,57)(H,49,56,58)/b32-27-,47-37+. The first-order valence-corrected chi connectivity index (χ1v) is 21.7. The van der Waals surface area contributed by atoms with Crippen LogP contribution in [-0.4, -0.2) is 118 Å². The summed E-state index contributed by atoms with van der Waals surface area (Å²) in [7, 11) is 0. The van der Waals surface area contributed by atoms with E-state index >= 15 is 0 Å². The van der Waals surface area contributed by atoms with E-state index in [4.69, 9.17) is 14.3 Å². The van der Waals surface area contributed by atoms with Crippen LogP contribution in [0.2, 0.25) is 0 Å². The van der Waals surface area contributed by atoms with Crippen molar-refractivity contribution in [2.45, 2.75) is 109 Å². The molecule has 3 unspecified atom stereocenters. The fraction of sp³-hybridized carbons (Fsp3) is 0.591. The summed E-state index contributed by atoms with van der Waals surface area (Å²) in [6.45, 7) is 14.1. The molecule has 5 fully saturated rings. The second kappa shape index (κ2) is 18.4. The Kier molecular flexibility index (Phi) is 12.9. The first kappa shape index (κ1) is 41.9. The molecule has 14 nitrogen and oxygen atoms in total. The summed E-state index contributed by atoms with van der Waals surface area (Å²) in [5, 5.41) is 14.6. The monoisotopic (exact) mass is 829 g/mol. The van der Waals surface area contributed by atoms with Crippen LogP contribution >= 0.6 is 0 Å². The lowest BCUT2D eigenvalue weighted by atomic mass is 9.85. The number of anilines is 1. The van der Waals surface area contributed by atoms with Gasteiger partial charge in [0.2, 0.25) is 17.7 Å². The third-order valence-corrected chi connectivity index (χ3v) is 12.9. The Labute approximate surface area is 349 Å². The Balaban J connectivity index is 0.826. The van der Waals surface area contributed by atoms with Crippen LogP contribution in [0.3, 0.4) is 0 Å². The Morgan fingerprint density at radius 1 is 1.05 bits per heavy atom. The van der Waals surface area contributed by atoms with Gasteiger partial charge in [0, 0.05) is 87.1 Å². The number of ether oxygens (including phenoxy) is 1. The van der Waals surface area contributed by atoms with Gasteiger partial charge in [0.05, 0.1) is 36.4 Å². The second-order valence-electron chi connectivity index (χ2n) is 17.1. The number of halogens is 2. The van der Waals surface area contributed by atoms with Crippen LogP contribution in [0.5, 0.6) is 0 Å². The Morgan fingerprint density at radius 2 is 1.78 bits per heavy atom. The van der Waals surface area contributed by atoms with Gasteiger partial charge in [0.15, 0.2) is 5.58 Å². The van der Waals surface area contributed by atoms with Gasteiger partial charge in [0.25, 0.3) is 6.43 Å². The molecule has 322 valence electrons. The molecule has 60 heavy (non-hydrogen) atoms. The number of carbonyl (C=O) groups is 3. The lowest BCUT2D eigenvalue weighted by Crippen LogP contribution is -2.49. The zero-order valence-electron chi connectivity index (χ0n) is 34.7. The van der Waals surface area contributed by atoms with Gasteiger partial charge in [-0.1, -0.05) is 30.8 Å². The molecule has 0 radical (unpaired) electrons. The summed E-state index contributed by atoms with van der Waals surface area (Å²) < 4.78 is 42.5. The number of nitrogens with zero attached hydrogens (tertiary/aromatic N) is 7. The number of para-hydroxylation sites is 1. The average molecular weight is 830 g/mol. The van der Waals surface area contributed by atoms with Crippen LogP contribution in [0, 0.1) is 5.92 Å². The number of morpholine rings is 1. The van der Waals surface area contributed by atoms with Crippen LogP contribution in [0.25, 0.3) is 16.5 Å². The van der Waals surface area contributed by atoms with Crippen molar-refractivity contribution in [1.29, 1.82) is 0 Å². The minimum atomic E-state index is -2.72. The van der Waals surface area contributed by atoms with E-state index in [9.17, 15) is 23.2 Å². The molecule has 1 aromatic carbocycles. The number of allylic oxidation sites excluding steroid dienone is 3. The minimum Gasteiger partial charge on any atom is -0.371 e. The number of carbonyl (C=O) groups excluding carboxylic acids is 3. The van der Waals surface area contributed by atoms with Gasteiger partial charge >= 0.3 is 0 Å². The third kappa shape index (κ3) is 9.25. The number of amides is 3. The summed E-state index contributed by atoms with van der Waals surface area (Å²) >= 11 is 0. The average Bonchev–Trinajstić information content (AvgIpc) is 3.96. The molecule has 3 amide bonds. The first-order valence-electron chi connectivity index (χ1n) is 21.7. The summed E-state index contributed by atoms with van der Waals surface area (Å²) in [6.07, 6.45) is 9.34. The van der Waals surface area contributed by atoms with E-state index in [-0.39, 0.29) is 48.7 Å². The number of aromatic nitrogens is 3. The molecule has 1 aliphatic carbocycles. The van der Waals surface area contributed by atoms with Crippen molar-refractivity contribution in [2.75, 3.05) is 57.7 Å². The number of hydrogen-bond donors (Lipinski definition) is 2. The summed E-state index contributed by atoms with van der Waals surface area (Å²) in [5.41, 5.74) is 2.81. The number of nitrogens with one attached hydrogen (secondary N) is 2. The first-order chi connectivity index (χ1) is 29.1. The predicted octanol–water partition coefficient (Wildman–Crippen LogP) is 6.45. The van der Waals surface area contributed by atoms with Crippen LogP contribution in [0.1, 0.15) is 113 Å². The molecule has 8 rings (SSSR count). The lowest BCUT2D eigenvalue weighted by molar-refractivity contribution is -0.134. The summed E-state index contributed by atoms with van der Waals surface area (Å²) in [5.74, 6) is 0.0419. The molecule has 3 aromatic rings. The Hall–Kier alpha value is -4.80. The van der Waals surface area contributed by atoms with Crippen molar-refractivity contribution in [3.63, 3.8) is 0 Å². The molecular weight excluding hydrogens is 773 g/mol. The van der Waals surface area contributed by atoms with Crippen LogP contribution in [0.4, 0.5) is 14.5 Å². The van der Waals surface area contributed by atoms with Crippen molar-refractivity contribution in [3.05, 3.63) is 59.7 Å². The van der Waals surface area contributed by atoms with E-state index in [0.717, 1.165) is 103 Å². The van der Waals surface area contributed by atoms with Crippen molar-refractivity contribution >= 4 is 45.8 Å². The number of rotatable bonds is 13. The van der Waals surface area contributed by atoms with E-state index in [1.54, 1.807) is 35.2 Å².